The summed E-state index contributed by atoms with van der Waals surface area (Å²) in [5.41, 5.74) is 4.70. The van der Waals surface area contributed by atoms with Gasteiger partial charge in [-0.2, -0.15) is 18.3 Å². The minimum Gasteiger partial charge on any atom is -0.495 e. The van der Waals surface area contributed by atoms with E-state index in [-0.39, 0.29) is 47.6 Å². The number of rotatable bonds is 23. The summed E-state index contributed by atoms with van der Waals surface area (Å²) in [6.07, 6.45) is -0.192. The quantitative estimate of drug-likeness (QED) is 0.0373. The molecule has 4 heterocycles. The molecule has 74 heavy (non-hydrogen) atoms. The number of anilines is 3. The van der Waals surface area contributed by atoms with Crippen LogP contribution in [-0.4, -0.2) is 161 Å². The molecule has 0 spiro atoms. The topological polar surface area (TPSA) is 178 Å². The maximum atomic E-state index is 13.8. The number of hydrogen-bond donors (Lipinski definition) is 5. The molecule has 2 saturated heterocycles. The average Bonchev–Trinajstić information content (AvgIpc) is 3.74. The number of hydrogen-bond acceptors (Lipinski definition) is 13. The van der Waals surface area contributed by atoms with Crippen LogP contribution in [0.5, 0.6) is 5.75 Å². The number of aromatic nitrogens is 3. The van der Waals surface area contributed by atoms with E-state index < -0.39 is 12.7 Å². The number of carbonyl (C=O) groups is 2. The fraction of sp³-hybridized carbons (Fsp3) is 0.472. The average molecular weight is 1090 g/mol. The van der Waals surface area contributed by atoms with Crippen LogP contribution in [0.1, 0.15) is 57.2 Å². The van der Waals surface area contributed by atoms with Gasteiger partial charge in [-0.25, -0.2) is 4.68 Å². The van der Waals surface area contributed by atoms with E-state index in [2.05, 4.69) is 76.3 Å². The second-order valence-corrected chi connectivity index (χ2v) is 19.2. The van der Waals surface area contributed by atoms with Crippen molar-refractivity contribution >= 4 is 55.7 Å². The van der Waals surface area contributed by atoms with Gasteiger partial charge in [-0.3, -0.25) is 14.4 Å². The van der Waals surface area contributed by atoms with E-state index in [9.17, 15) is 27.6 Å². The number of carbonyl (C=O) groups excluding carboxylic acids is 2. The molecule has 0 saturated carbocycles. The highest BCUT2D eigenvalue weighted by molar-refractivity contribution is 9.10. The Balaban J connectivity index is 0.747. The van der Waals surface area contributed by atoms with Gasteiger partial charge in [0.2, 0.25) is 0 Å². The minimum absolute atomic E-state index is 0.117. The lowest BCUT2D eigenvalue weighted by atomic mass is 9.87. The summed E-state index contributed by atoms with van der Waals surface area (Å²) in [4.78, 5) is 41.8. The van der Waals surface area contributed by atoms with Gasteiger partial charge in [0, 0.05) is 87.6 Å². The molecule has 0 aliphatic carbocycles. The van der Waals surface area contributed by atoms with Crippen LogP contribution in [0.25, 0.3) is 10.9 Å². The number of nitrogens with one attached hydrogen (secondary N) is 5. The van der Waals surface area contributed by atoms with Gasteiger partial charge >= 0.3 is 6.18 Å². The first kappa shape index (κ1) is 55.6. The lowest BCUT2D eigenvalue weighted by Gasteiger charge is -2.37. The zero-order valence-electron chi connectivity index (χ0n) is 42.3. The fourth-order valence-electron chi connectivity index (χ4n) is 9.26. The van der Waals surface area contributed by atoms with Crippen molar-refractivity contribution in [3.63, 3.8) is 0 Å². The smallest absolute Gasteiger partial charge is 0.406 e. The van der Waals surface area contributed by atoms with E-state index in [0.717, 1.165) is 63.2 Å². The van der Waals surface area contributed by atoms with Crippen molar-refractivity contribution in [2.45, 2.75) is 50.0 Å². The summed E-state index contributed by atoms with van der Waals surface area (Å²) in [5.74, 6) is 6.17. The first-order chi connectivity index (χ1) is 35.7. The Morgan fingerprint density at radius 2 is 1.54 bits per heavy atom. The number of nitrogens with zero attached hydrogens (tertiary/aromatic N) is 5. The number of fused-ring (bicyclic) bond motifs is 1. The van der Waals surface area contributed by atoms with Gasteiger partial charge in [-0.05, 0) is 108 Å². The number of likely N-dealkylation sites (tertiary alicyclic amines) is 2. The van der Waals surface area contributed by atoms with Crippen molar-refractivity contribution in [2.75, 3.05) is 123 Å². The summed E-state index contributed by atoms with van der Waals surface area (Å²) in [6.45, 7) is 6.14. The molecule has 2 amide bonds. The van der Waals surface area contributed by atoms with Crippen molar-refractivity contribution < 1.29 is 41.7 Å². The standard InChI is InChI=1S/C53H66BrF3N10O7/c1-58-50(68)38-14-15-45(48(30-38)71-4)59-18-6-7-42-31-43-44(8-5-9-47(43)67(42)35-53(55,56)57)62-40-16-20-66(21-17-40)22-24-73-26-28-74-27-25-72-23-19-60-51(69)37-12-10-36(11-13-37)39-29-41(34-64(2)33-39)63-46-32-61-65(3)52(70)49(46)54/h5,8-15,30-32,39-41,59,62-63H,16-29,33-35H2,1-4H3,(H,58,68)(H,60,69)/t39-,41+/m0/s1. The molecule has 2 atom stereocenters. The Labute approximate surface area is 437 Å². The lowest BCUT2D eigenvalue weighted by Crippen LogP contribution is -2.43. The molecular formula is C53H66BrF3N10O7. The Hall–Kier alpha value is -6.15. The van der Waals surface area contributed by atoms with E-state index in [1.807, 2.05) is 30.3 Å². The van der Waals surface area contributed by atoms with Crippen LogP contribution in [0.4, 0.5) is 30.2 Å². The number of halogens is 4. The Bertz CT molecular complexity index is 2790. The zero-order chi connectivity index (χ0) is 52.6. The van der Waals surface area contributed by atoms with E-state index in [4.69, 9.17) is 18.9 Å². The summed E-state index contributed by atoms with van der Waals surface area (Å²) in [6, 6.07) is 20.0. The van der Waals surface area contributed by atoms with Gasteiger partial charge in [0.1, 0.15) is 16.8 Å². The minimum atomic E-state index is -4.45. The van der Waals surface area contributed by atoms with Crippen molar-refractivity contribution in [1.29, 1.82) is 0 Å². The molecule has 0 unspecified atom stereocenters. The molecule has 2 aromatic heterocycles. The molecule has 7 rings (SSSR count). The Morgan fingerprint density at radius 1 is 0.838 bits per heavy atom. The molecule has 0 radical (unpaired) electrons. The molecule has 5 N–H and O–H groups in total. The Kier molecular flexibility index (Phi) is 20.2. The number of aryl methyl sites for hydroxylation is 1. The highest BCUT2D eigenvalue weighted by Crippen LogP contribution is 2.33. The highest BCUT2D eigenvalue weighted by Gasteiger charge is 2.31. The van der Waals surface area contributed by atoms with E-state index >= 15 is 0 Å². The maximum absolute atomic E-state index is 13.8. The summed E-state index contributed by atoms with van der Waals surface area (Å²) in [7, 11) is 6.72. The summed E-state index contributed by atoms with van der Waals surface area (Å²) in [5, 5.41) is 20.5. The molecule has 3 aromatic carbocycles. The van der Waals surface area contributed by atoms with Crippen molar-refractivity contribution in [2.24, 2.45) is 7.05 Å². The molecule has 5 aromatic rings. The fourth-order valence-corrected chi connectivity index (χ4v) is 9.73. The van der Waals surface area contributed by atoms with Gasteiger partial charge in [-0.15, -0.1) is 0 Å². The van der Waals surface area contributed by atoms with Crippen LogP contribution in [0.15, 0.2) is 82.2 Å². The zero-order valence-corrected chi connectivity index (χ0v) is 43.9. The summed E-state index contributed by atoms with van der Waals surface area (Å²) < 4.78 is 67.1. The SMILES string of the molecule is CNC(=O)c1ccc(NCC#Cc2cc3c(NC4CCN(CCOCCOCCOCCNC(=O)c5ccc([C@H]6C[C@@H](Nc7cnn(C)c(=O)c7Br)CN(C)C6)cc5)CC4)cccc3n2CC(F)(F)F)c(OC)c1. The van der Waals surface area contributed by atoms with E-state index in [1.54, 1.807) is 49.6 Å². The first-order valence-electron chi connectivity index (χ1n) is 24.8. The molecule has 2 aliphatic rings. The van der Waals surface area contributed by atoms with Crippen LogP contribution in [-0.2, 0) is 27.8 Å². The second-order valence-electron chi connectivity index (χ2n) is 18.4. The van der Waals surface area contributed by atoms with Gasteiger partial charge in [0.05, 0.1) is 82.1 Å². The summed E-state index contributed by atoms with van der Waals surface area (Å²) >= 11 is 3.41. The van der Waals surface area contributed by atoms with Crippen LogP contribution < -0.4 is 36.9 Å². The maximum Gasteiger partial charge on any atom is 0.406 e. The van der Waals surface area contributed by atoms with Crippen LogP contribution >= 0.6 is 15.9 Å². The van der Waals surface area contributed by atoms with Crippen molar-refractivity contribution in [1.82, 2.24) is 34.8 Å². The molecule has 17 nitrogen and oxygen atoms in total. The normalized spacial score (nSPS) is 16.6. The molecular weight excluding hydrogens is 1030 g/mol. The highest BCUT2D eigenvalue weighted by atomic mass is 79.9. The number of methoxy groups -OCH3 is 1. The number of amides is 2. The predicted molar refractivity (Wildman–Crippen MR) is 284 cm³/mol. The van der Waals surface area contributed by atoms with Gasteiger partial charge < -0.3 is 59.9 Å². The van der Waals surface area contributed by atoms with Gasteiger partial charge in [0.15, 0.2) is 0 Å². The number of likely N-dealkylation sites (N-methyl/N-ethyl adjacent to an activating group) is 1. The van der Waals surface area contributed by atoms with Crippen molar-refractivity contribution in [3.8, 4) is 17.6 Å². The molecule has 2 fully saturated rings. The number of alkyl halides is 3. The molecule has 21 heteroatoms. The van der Waals surface area contributed by atoms with Crippen LogP contribution in [0.3, 0.4) is 0 Å². The van der Waals surface area contributed by atoms with Gasteiger partial charge in [0.25, 0.3) is 17.4 Å². The largest absolute Gasteiger partial charge is 0.495 e. The number of piperidine rings is 2. The van der Waals surface area contributed by atoms with E-state index in [0.29, 0.717) is 89.8 Å². The lowest BCUT2D eigenvalue weighted by molar-refractivity contribution is -0.140. The van der Waals surface area contributed by atoms with Gasteiger partial charge in [-0.1, -0.05) is 24.1 Å². The molecule has 0 bridgehead atoms. The van der Waals surface area contributed by atoms with Crippen LogP contribution in [0, 0.1) is 11.8 Å². The third-order valence-corrected chi connectivity index (χ3v) is 13.8. The predicted octanol–water partition coefficient (Wildman–Crippen LogP) is 6.15. The van der Waals surface area contributed by atoms with Crippen molar-refractivity contribution in [3.05, 3.63) is 110 Å². The van der Waals surface area contributed by atoms with Crippen LogP contribution in [0.2, 0.25) is 0 Å². The van der Waals surface area contributed by atoms with E-state index in [1.165, 1.54) is 23.4 Å². The third-order valence-electron chi connectivity index (χ3n) is 13.0. The molecule has 398 valence electrons. The Morgan fingerprint density at radius 3 is 2.26 bits per heavy atom. The third kappa shape index (κ3) is 15.7. The number of benzene rings is 3. The second kappa shape index (κ2) is 26.9. The first-order valence-corrected chi connectivity index (χ1v) is 25.6. The monoisotopic (exact) mass is 1090 g/mol. The molecule has 2 aliphatic heterocycles. The number of ether oxygens (including phenoxy) is 4.